The van der Waals surface area contributed by atoms with E-state index in [-0.39, 0.29) is 34.3 Å². The summed E-state index contributed by atoms with van der Waals surface area (Å²) in [5.74, 6) is -0.787. The lowest BCUT2D eigenvalue weighted by Gasteiger charge is -2.39. The van der Waals surface area contributed by atoms with Crippen LogP contribution in [0.25, 0.3) is 0 Å². The third-order valence-electron chi connectivity index (χ3n) is 6.44. The Labute approximate surface area is 221 Å². The number of likely N-dealkylation sites (tertiary alicyclic amines) is 1. The van der Waals surface area contributed by atoms with Gasteiger partial charge >= 0.3 is 12.1 Å². The lowest BCUT2D eigenvalue weighted by atomic mass is 9.87. The highest BCUT2D eigenvalue weighted by atomic mass is 35.5. The van der Waals surface area contributed by atoms with Gasteiger partial charge in [-0.05, 0) is 29.8 Å². The normalized spacial score (nSPS) is 17.8. The first-order valence-corrected chi connectivity index (χ1v) is 12.5. The van der Waals surface area contributed by atoms with Gasteiger partial charge in [0.2, 0.25) is 0 Å². The molecule has 0 aliphatic carbocycles. The molecule has 202 valence electrons. The second-order valence-electron chi connectivity index (χ2n) is 9.28. The monoisotopic (exact) mass is 563 g/mol. The van der Waals surface area contributed by atoms with Crippen molar-refractivity contribution in [3.8, 4) is 17.2 Å². The van der Waals surface area contributed by atoms with Crippen LogP contribution in [0.4, 0.5) is 13.2 Å². The second-order valence-corrected chi connectivity index (χ2v) is 10.1. The van der Waals surface area contributed by atoms with Crippen molar-refractivity contribution in [2.75, 3.05) is 32.8 Å². The predicted molar refractivity (Wildman–Crippen MR) is 130 cm³/mol. The Kier molecular flexibility index (Phi) is 8.32. The zero-order valence-corrected chi connectivity index (χ0v) is 21.2. The number of aromatic carboxylic acids is 1. The largest absolute Gasteiger partial charge is 0.492 e. The van der Waals surface area contributed by atoms with E-state index in [9.17, 15) is 28.2 Å². The molecule has 12 heteroatoms. The van der Waals surface area contributed by atoms with E-state index in [4.69, 9.17) is 37.4 Å². The third kappa shape index (κ3) is 7.13. The van der Waals surface area contributed by atoms with Gasteiger partial charge in [0.1, 0.15) is 41.1 Å². The zero-order valence-electron chi connectivity index (χ0n) is 19.7. The Hall–Kier alpha value is -2.40. The number of ether oxygens (including phenoxy) is 3. The van der Waals surface area contributed by atoms with Gasteiger partial charge in [0, 0.05) is 50.0 Å². The maximum absolute atomic E-state index is 12.4. The summed E-state index contributed by atoms with van der Waals surface area (Å²) >= 11 is 12.1. The first-order valence-electron chi connectivity index (χ1n) is 11.7. The van der Waals surface area contributed by atoms with Crippen LogP contribution in [0.2, 0.25) is 10.0 Å². The molecule has 2 N–H and O–H groups in total. The molecule has 2 aliphatic rings. The third-order valence-corrected chi connectivity index (χ3v) is 6.97. The van der Waals surface area contributed by atoms with Crippen LogP contribution in [0.5, 0.6) is 17.2 Å². The fourth-order valence-electron chi connectivity index (χ4n) is 4.57. The van der Waals surface area contributed by atoms with Crippen molar-refractivity contribution in [2.24, 2.45) is 0 Å². The van der Waals surface area contributed by atoms with Crippen molar-refractivity contribution in [1.29, 1.82) is 0 Å². The molecule has 1 atom stereocenters. The van der Waals surface area contributed by atoms with Crippen molar-refractivity contribution >= 4 is 29.2 Å². The molecule has 2 heterocycles. The number of aliphatic hydroxyl groups is 1. The number of rotatable bonds is 9. The van der Waals surface area contributed by atoms with E-state index in [1.54, 1.807) is 6.07 Å². The highest BCUT2D eigenvalue weighted by Crippen LogP contribution is 2.42. The van der Waals surface area contributed by atoms with Gasteiger partial charge in [-0.2, -0.15) is 13.2 Å². The van der Waals surface area contributed by atoms with Crippen LogP contribution in [0.1, 0.15) is 35.2 Å². The Morgan fingerprint density at radius 2 is 1.86 bits per heavy atom. The van der Waals surface area contributed by atoms with Crippen LogP contribution in [0.15, 0.2) is 30.3 Å². The first kappa shape index (κ1) is 27.6. The van der Waals surface area contributed by atoms with Gasteiger partial charge in [0.15, 0.2) is 0 Å². The lowest BCUT2D eigenvalue weighted by molar-refractivity contribution is -0.139. The van der Waals surface area contributed by atoms with Gasteiger partial charge in [-0.25, -0.2) is 4.79 Å². The standard InChI is InChI=1S/C25H26Cl2F3NO6/c26-16-1-2-20-15(9-16)12-24(37-20)3-6-31(7-4-24)13-17(32)14-36-21-11-22(35-8-5-25(28,29)30)19(27)10-18(21)23(33)34/h1-2,9-11,17,32H,3-8,12-14H2,(H,33,34)/t17-/m1/s1. The number of hydrogen-bond donors (Lipinski definition) is 2. The predicted octanol–water partition coefficient (Wildman–Crippen LogP) is 5.23. The van der Waals surface area contributed by atoms with Gasteiger partial charge in [-0.3, -0.25) is 0 Å². The number of benzene rings is 2. The van der Waals surface area contributed by atoms with Crippen LogP contribution in [0, 0.1) is 0 Å². The number of alkyl halides is 3. The number of carboxylic acids is 1. The molecule has 4 rings (SSSR count). The van der Waals surface area contributed by atoms with Crippen molar-refractivity contribution in [1.82, 2.24) is 4.90 Å². The first-order chi connectivity index (χ1) is 17.4. The average Bonchev–Trinajstić information content (AvgIpc) is 3.16. The molecule has 1 spiro atoms. The Balaban J connectivity index is 1.30. The summed E-state index contributed by atoms with van der Waals surface area (Å²) in [6.07, 6.45) is -4.23. The minimum absolute atomic E-state index is 0.138. The minimum Gasteiger partial charge on any atom is -0.492 e. The number of piperidine rings is 1. The molecule has 0 unspecified atom stereocenters. The lowest BCUT2D eigenvalue weighted by Crippen LogP contribution is -2.49. The summed E-state index contributed by atoms with van der Waals surface area (Å²) in [5.41, 5.74) is 0.513. The number of fused-ring (bicyclic) bond motifs is 1. The highest BCUT2D eigenvalue weighted by molar-refractivity contribution is 6.32. The number of β-amino-alcohol motifs (C(OH)–C–C–N with tert-alkyl or cyclic N) is 1. The van der Waals surface area contributed by atoms with Crippen molar-refractivity contribution in [3.05, 3.63) is 51.5 Å². The molecule has 1 fully saturated rings. The quantitative estimate of drug-likeness (QED) is 0.431. The van der Waals surface area contributed by atoms with E-state index in [2.05, 4.69) is 4.90 Å². The number of carbonyl (C=O) groups is 1. The SMILES string of the molecule is O=C(O)c1cc(Cl)c(OCCC(F)(F)F)cc1OC[C@H](O)CN1CCC2(CC1)Cc1cc(Cl)ccc1O2. The second kappa shape index (κ2) is 11.1. The molecule has 2 aliphatic heterocycles. The summed E-state index contributed by atoms with van der Waals surface area (Å²) in [4.78, 5) is 13.7. The zero-order chi connectivity index (χ0) is 26.8. The number of carboxylic acid groups (broad SMARTS) is 1. The number of nitrogens with zero attached hydrogens (tertiary/aromatic N) is 1. The number of halogens is 5. The maximum Gasteiger partial charge on any atom is 0.392 e. The van der Waals surface area contributed by atoms with Gasteiger partial charge in [0.25, 0.3) is 0 Å². The molecule has 37 heavy (non-hydrogen) atoms. The van der Waals surface area contributed by atoms with E-state index in [0.29, 0.717) is 24.7 Å². The van der Waals surface area contributed by atoms with Crippen LogP contribution >= 0.6 is 23.2 Å². The van der Waals surface area contributed by atoms with E-state index in [1.807, 2.05) is 12.1 Å². The van der Waals surface area contributed by atoms with Crippen molar-refractivity contribution < 1.29 is 42.4 Å². The van der Waals surface area contributed by atoms with E-state index >= 15 is 0 Å². The average molecular weight is 564 g/mol. The van der Waals surface area contributed by atoms with E-state index in [1.165, 1.54) is 0 Å². The Morgan fingerprint density at radius 1 is 1.14 bits per heavy atom. The van der Waals surface area contributed by atoms with Crippen LogP contribution in [-0.4, -0.2) is 71.8 Å². The van der Waals surface area contributed by atoms with Crippen LogP contribution < -0.4 is 14.2 Å². The summed E-state index contributed by atoms with van der Waals surface area (Å²) < 4.78 is 54.1. The van der Waals surface area contributed by atoms with Gasteiger partial charge in [0.05, 0.1) is 18.1 Å². The molecule has 7 nitrogen and oxygen atoms in total. The fraction of sp³-hybridized carbons (Fsp3) is 0.480. The number of aliphatic hydroxyl groups excluding tert-OH is 1. The Morgan fingerprint density at radius 3 is 2.54 bits per heavy atom. The molecule has 2 aromatic carbocycles. The summed E-state index contributed by atoms with van der Waals surface area (Å²) in [6.45, 7) is 0.760. The minimum atomic E-state index is -4.41. The van der Waals surface area contributed by atoms with E-state index < -0.39 is 31.3 Å². The van der Waals surface area contributed by atoms with Gasteiger partial charge in [-0.1, -0.05) is 23.2 Å². The van der Waals surface area contributed by atoms with Crippen LogP contribution in [0.3, 0.4) is 0 Å². The molecule has 2 aromatic rings. The molecule has 1 saturated heterocycles. The topological polar surface area (TPSA) is 88.5 Å². The molecule has 0 bridgehead atoms. The molecular formula is C25H26Cl2F3NO6. The van der Waals surface area contributed by atoms with Crippen molar-refractivity contribution in [3.63, 3.8) is 0 Å². The maximum atomic E-state index is 12.4. The van der Waals surface area contributed by atoms with Crippen molar-refractivity contribution in [2.45, 2.75) is 43.6 Å². The number of hydrogen-bond acceptors (Lipinski definition) is 6. The molecular weight excluding hydrogens is 538 g/mol. The molecule has 0 aromatic heterocycles. The highest BCUT2D eigenvalue weighted by Gasteiger charge is 2.42. The van der Waals surface area contributed by atoms with E-state index in [0.717, 1.165) is 42.7 Å². The smallest absolute Gasteiger partial charge is 0.392 e. The summed E-state index contributed by atoms with van der Waals surface area (Å²) in [7, 11) is 0. The molecule has 0 radical (unpaired) electrons. The van der Waals surface area contributed by atoms with Crippen LogP contribution in [-0.2, 0) is 6.42 Å². The van der Waals surface area contributed by atoms with Gasteiger partial charge in [-0.15, -0.1) is 0 Å². The fourth-order valence-corrected chi connectivity index (χ4v) is 4.98. The molecule has 0 amide bonds. The Bertz CT molecular complexity index is 1140. The molecule has 0 saturated carbocycles. The summed E-state index contributed by atoms with van der Waals surface area (Å²) in [6, 6.07) is 7.79. The summed E-state index contributed by atoms with van der Waals surface area (Å²) in [5, 5.41) is 20.5. The van der Waals surface area contributed by atoms with Gasteiger partial charge < -0.3 is 29.3 Å².